The van der Waals surface area contributed by atoms with E-state index in [-0.39, 0.29) is 11.9 Å². The molecule has 0 aromatic heterocycles. The summed E-state index contributed by atoms with van der Waals surface area (Å²) in [7, 11) is 0. The molecular weight excluding hydrogens is 226 g/mol. The van der Waals surface area contributed by atoms with E-state index in [1.165, 1.54) is 0 Å². The third-order valence-electron chi connectivity index (χ3n) is 3.58. The molecule has 0 radical (unpaired) electrons. The van der Waals surface area contributed by atoms with Crippen LogP contribution in [-0.2, 0) is 4.79 Å². The Balaban J connectivity index is 2.27. The van der Waals surface area contributed by atoms with Gasteiger partial charge in [0.15, 0.2) is 0 Å². The molecule has 18 heavy (non-hydrogen) atoms. The van der Waals surface area contributed by atoms with E-state index in [2.05, 4.69) is 10.2 Å². The first kappa shape index (κ1) is 12.9. The van der Waals surface area contributed by atoms with Crippen LogP contribution in [0.3, 0.4) is 0 Å². The van der Waals surface area contributed by atoms with Gasteiger partial charge in [-0.1, -0.05) is 12.1 Å². The van der Waals surface area contributed by atoms with Gasteiger partial charge in [-0.05, 0) is 38.5 Å². The number of anilines is 1. The fraction of sp³-hybridized carbons (Fsp3) is 0.500. The number of benzene rings is 1. The lowest BCUT2D eigenvalue weighted by molar-refractivity contribution is -0.126. The molecule has 1 fully saturated rings. The topological polar surface area (TPSA) is 58.4 Å². The lowest BCUT2D eigenvalue weighted by atomic mass is 9.97. The quantitative estimate of drug-likeness (QED) is 0.831. The van der Waals surface area contributed by atoms with Crippen molar-refractivity contribution in [2.45, 2.75) is 32.4 Å². The van der Waals surface area contributed by atoms with Crippen LogP contribution in [0.15, 0.2) is 24.3 Å². The first-order valence-electron chi connectivity index (χ1n) is 6.34. The van der Waals surface area contributed by atoms with Crippen molar-refractivity contribution < 1.29 is 4.79 Å². The molecule has 1 amide bonds. The predicted octanol–water partition coefficient (Wildman–Crippen LogP) is 1.42. The molecule has 1 atom stereocenters. The molecule has 98 valence electrons. The molecule has 3 N–H and O–H groups in total. The van der Waals surface area contributed by atoms with Crippen LogP contribution in [0.5, 0.6) is 0 Å². The summed E-state index contributed by atoms with van der Waals surface area (Å²) in [6.07, 6.45) is 0. The van der Waals surface area contributed by atoms with Gasteiger partial charge in [0.25, 0.3) is 0 Å². The molecule has 1 heterocycles. The Labute approximate surface area is 108 Å². The van der Waals surface area contributed by atoms with E-state index in [1.54, 1.807) is 0 Å². The van der Waals surface area contributed by atoms with Gasteiger partial charge < -0.3 is 16.0 Å². The number of hydrogen-bond donors (Lipinski definition) is 2. The molecule has 0 bridgehead atoms. The maximum Gasteiger partial charge on any atom is 0.245 e. The molecular formula is C14H21N3O. The maximum atomic E-state index is 11.9. The number of nitrogens with zero attached hydrogens (tertiary/aromatic N) is 1. The van der Waals surface area contributed by atoms with E-state index in [0.29, 0.717) is 6.54 Å². The van der Waals surface area contributed by atoms with Gasteiger partial charge >= 0.3 is 0 Å². The largest absolute Gasteiger partial charge is 0.356 e. The monoisotopic (exact) mass is 247 g/mol. The third-order valence-corrected chi connectivity index (χ3v) is 3.58. The van der Waals surface area contributed by atoms with Crippen LogP contribution in [0.25, 0.3) is 0 Å². The lowest BCUT2D eigenvalue weighted by Gasteiger charge is -2.42. The number of carbonyl (C=O) groups is 1. The molecule has 1 aliphatic rings. The van der Waals surface area contributed by atoms with Crippen molar-refractivity contribution in [1.29, 1.82) is 0 Å². The second-order valence-electron chi connectivity index (χ2n) is 5.35. The summed E-state index contributed by atoms with van der Waals surface area (Å²) in [5.74, 6) is 0.0741. The smallest absolute Gasteiger partial charge is 0.245 e. The minimum Gasteiger partial charge on any atom is -0.356 e. The number of rotatable bonds is 2. The Morgan fingerprint density at radius 2 is 1.94 bits per heavy atom. The van der Waals surface area contributed by atoms with E-state index in [0.717, 1.165) is 17.8 Å². The van der Waals surface area contributed by atoms with Crippen LogP contribution in [0.2, 0.25) is 0 Å². The molecule has 4 heteroatoms. The third kappa shape index (κ3) is 2.20. The number of nitrogens with one attached hydrogen (secondary N) is 1. The molecule has 1 saturated heterocycles. The van der Waals surface area contributed by atoms with Crippen LogP contribution in [0.1, 0.15) is 32.4 Å². The average Bonchev–Trinajstić information content (AvgIpc) is 2.33. The fourth-order valence-corrected chi connectivity index (χ4v) is 2.31. The highest BCUT2D eigenvalue weighted by atomic mass is 16.2. The molecule has 1 aromatic carbocycles. The summed E-state index contributed by atoms with van der Waals surface area (Å²) in [4.78, 5) is 14.0. The van der Waals surface area contributed by atoms with Gasteiger partial charge in [0.1, 0.15) is 5.54 Å². The van der Waals surface area contributed by atoms with Gasteiger partial charge in [-0.15, -0.1) is 0 Å². The summed E-state index contributed by atoms with van der Waals surface area (Å²) < 4.78 is 0. The molecule has 1 aliphatic heterocycles. The Morgan fingerprint density at radius 3 is 2.50 bits per heavy atom. The van der Waals surface area contributed by atoms with Gasteiger partial charge in [0.05, 0.1) is 0 Å². The van der Waals surface area contributed by atoms with Crippen molar-refractivity contribution in [2.24, 2.45) is 5.73 Å². The average molecular weight is 247 g/mol. The van der Waals surface area contributed by atoms with Crippen molar-refractivity contribution >= 4 is 11.6 Å². The van der Waals surface area contributed by atoms with Gasteiger partial charge in [-0.3, -0.25) is 4.79 Å². The minimum absolute atomic E-state index is 0.0386. The second-order valence-corrected chi connectivity index (χ2v) is 5.35. The molecule has 0 aliphatic carbocycles. The Bertz CT molecular complexity index is 437. The maximum absolute atomic E-state index is 11.9. The van der Waals surface area contributed by atoms with Crippen LogP contribution in [0, 0.1) is 0 Å². The second kappa shape index (κ2) is 4.61. The Morgan fingerprint density at radius 1 is 1.33 bits per heavy atom. The normalized spacial score (nSPS) is 20.4. The Kier molecular flexibility index (Phi) is 3.30. The number of amides is 1. The summed E-state index contributed by atoms with van der Waals surface area (Å²) in [5.41, 5.74) is 7.51. The summed E-state index contributed by atoms with van der Waals surface area (Å²) >= 11 is 0. The number of nitrogens with two attached hydrogens (primary N) is 1. The van der Waals surface area contributed by atoms with E-state index in [1.807, 2.05) is 45.0 Å². The fourth-order valence-electron chi connectivity index (χ4n) is 2.31. The summed E-state index contributed by atoms with van der Waals surface area (Å²) in [6.45, 7) is 7.38. The van der Waals surface area contributed by atoms with Gasteiger partial charge in [0.2, 0.25) is 5.91 Å². The van der Waals surface area contributed by atoms with E-state index in [4.69, 9.17) is 5.73 Å². The zero-order chi connectivity index (χ0) is 13.3. The van der Waals surface area contributed by atoms with Gasteiger partial charge in [-0.2, -0.15) is 0 Å². The van der Waals surface area contributed by atoms with Crippen molar-refractivity contribution in [1.82, 2.24) is 5.32 Å². The number of piperazine rings is 1. The highest BCUT2D eigenvalue weighted by molar-refractivity contribution is 5.90. The van der Waals surface area contributed by atoms with Gasteiger partial charge in [0, 0.05) is 24.8 Å². The molecule has 4 nitrogen and oxygen atoms in total. The van der Waals surface area contributed by atoms with Crippen molar-refractivity contribution in [3.8, 4) is 0 Å². The highest BCUT2D eigenvalue weighted by Gasteiger charge is 2.37. The molecule has 0 spiro atoms. The summed E-state index contributed by atoms with van der Waals surface area (Å²) in [6, 6.07) is 8.18. The Hall–Kier alpha value is -1.55. The SMILES string of the molecule is C[C@@H](N)c1ccc(N2CCNC(=O)C2(C)C)cc1. The first-order chi connectivity index (χ1) is 8.43. The number of carbonyl (C=O) groups excluding carboxylic acids is 1. The zero-order valence-corrected chi connectivity index (χ0v) is 11.2. The predicted molar refractivity (Wildman–Crippen MR) is 73.5 cm³/mol. The van der Waals surface area contributed by atoms with Crippen molar-refractivity contribution in [3.63, 3.8) is 0 Å². The number of hydrogen-bond acceptors (Lipinski definition) is 3. The van der Waals surface area contributed by atoms with Gasteiger partial charge in [-0.25, -0.2) is 0 Å². The molecule has 2 rings (SSSR count). The highest BCUT2D eigenvalue weighted by Crippen LogP contribution is 2.27. The molecule has 0 saturated carbocycles. The molecule has 0 unspecified atom stereocenters. The van der Waals surface area contributed by atoms with Crippen LogP contribution in [-0.4, -0.2) is 24.5 Å². The van der Waals surface area contributed by atoms with Crippen molar-refractivity contribution in [3.05, 3.63) is 29.8 Å². The summed E-state index contributed by atoms with van der Waals surface area (Å²) in [5, 5.41) is 2.90. The van der Waals surface area contributed by atoms with E-state index < -0.39 is 5.54 Å². The van der Waals surface area contributed by atoms with Crippen LogP contribution < -0.4 is 16.0 Å². The van der Waals surface area contributed by atoms with E-state index >= 15 is 0 Å². The van der Waals surface area contributed by atoms with Crippen LogP contribution in [0.4, 0.5) is 5.69 Å². The minimum atomic E-state index is -0.506. The van der Waals surface area contributed by atoms with Crippen molar-refractivity contribution in [2.75, 3.05) is 18.0 Å². The van der Waals surface area contributed by atoms with E-state index in [9.17, 15) is 4.79 Å². The first-order valence-corrected chi connectivity index (χ1v) is 6.34. The van der Waals surface area contributed by atoms with Crippen LogP contribution >= 0.6 is 0 Å². The lowest BCUT2D eigenvalue weighted by Crippen LogP contribution is -2.62. The standard InChI is InChI=1S/C14H21N3O/c1-10(15)11-4-6-12(7-5-11)17-9-8-16-13(18)14(17,2)3/h4-7,10H,8-9,15H2,1-3H3,(H,16,18)/t10-/m1/s1. The molecule has 1 aromatic rings. The zero-order valence-electron chi connectivity index (χ0n) is 11.2.